The van der Waals surface area contributed by atoms with Crippen LogP contribution in [-0.4, -0.2) is 34.2 Å². The fourth-order valence-electron chi connectivity index (χ4n) is 2.45. The highest BCUT2D eigenvalue weighted by molar-refractivity contribution is 6.76. The van der Waals surface area contributed by atoms with E-state index in [1.807, 2.05) is 16.8 Å². The van der Waals surface area contributed by atoms with Gasteiger partial charge >= 0.3 is 0 Å². The number of hydrogen-bond donors (Lipinski definition) is 0. The van der Waals surface area contributed by atoms with Crippen LogP contribution in [0.15, 0.2) is 30.6 Å². The lowest BCUT2D eigenvalue weighted by molar-refractivity contribution is 0.0899. The quantitative estimate of drug-likeness (QED) is 0.375. The van der Waals surface area contributed by atoms with E-state index in [1.54, 1.807) is 25.3 Å². The second kappa shape index (κ2) is 7.01. The van der Waals surface area contributed by atoms with Gasteiger partial charge in [-0.3, -0.25) is 0 Å². The third kappa shape index (κ3) is 4.29. The summed E-state index contributed by atoms with van der Waals surface area (Å²) in [5.41, 5.74) is 2.93. The van der Waals surface area contributed by atoms with Crippen molar-refractivity contribution in [2.24, 2.45) is 0 Å². The van der Waals surface area contributed by atoms with E-state index in [9.17, 15) is 4.39 Å². The molecule has 7 heteroatoms. The van der Waals surface area contributed by atoms with Crippen molar-refractivity contribution in [1.29, 1.82) is 0 Å². The average Bonchev–Trinajstić information content (AvgIpc) is 2.93. The van der Waals surface area contributed by atoms with Gasteiger partial charge in [-0.05, 0) is 31.2 Å². The third-order valence-electron chi connectivity index (χ3n) is 3.95. The fourth-order valence-corrected chi connectivity index (χ4v) is 3.21. The zero-order valence-electron chi connectivity index (χ0n) is 15.1. The van der Waals surface area contributed by atoms with Crippen LogP contribution in [0, 0.1) is 12.9 Å². The number of ether oxygens (including phenoxy) is 1. The number of pyridine rings is 1. The van der Waals surface area contributed by atoms with Crippen molar-refractivity contribution in [3.8, 4) is 11.3 Å². The minimum atomic E-state index is -1.09. The molecule has 0 atom stereocenters. The Morgan fingerprint density at radius 2 is 1.96 bits per heavy atom. The molecule has 0 spiro atoms. The molecule has 0 aliphatic rings. The molecule has 0 saturated carbocycles. The molecule has 0 fully saturated rings. The first-order valence-corrected chi connectivity index (χ1v) is 12.1. The van der Waals surface area contributed by atoms with Gasteiger partial charge in [-0.25, -0.2) is 15.0 Å². The summed E-state index contributed by atoms with van der Waals surface area (Å²) in [6.45, 7) is 9.93. The summed E-state index contributed by atoms with van der Waals surface area (Å²) >= 11 is 0. The molecule has 132 valence electrons. The molecule has 0 aromatic carbocycles. The Kier molecular flexibility index (Phi) is 4.96. The van der Waals surface area contributed by atoms with Gasteiger partial charge in [0.15, 0.2) is 5.65 Å². The van der Waals surface area contributed by atoms with E-state index in [2.05, 4.69) is 34.6 Å². The smallest absolute Gasteiger partial charge is 0.222 e. The molecule has 5 nitrogen and oxygen atoms in total. The summed E-state index contributed by atoms with van der Waals surface area (Å²) < 4.78 is 21.7. The van der Waals surface area contributed by atoms with Crippen LogP contribution in [0.5, 0.6) is 0 Å². The SMILES string of the molecule is Cc1ccc(-c2cnc3c(ccn3COCC[Si](C)(C)C)n2)c(F)n1. The molecule has 25 heavy (non-hydrogen) atoms. The Bertz CT molecular complexity index is 888. The minimum Gasteiger partial charge on any atom is -0.361 e. The van der Waals surface area contributed by atoms with Gasteiger partial charge in [0.05, 0.1) is 17.5 Å². The standard InChI is InChI=1S/C18H23FN4OSi/c1-13-5-6-14(17(19)21-13)16-11-20-18-15(22-16)7-8-23(18)12-24-9-10-25(2,3)4/h5-8,11H,9-10,12H2,1-4H3. The van der Waals surface area contributed by atoms with E-state index >= 15 is 0 Å². The van der Waals surface area contributed by atoms with Crippen molar-refractivity contribution >= 4 is 19.2 Å². The maximum Gasteiger partial charge on any atom is 0.222 e. The summed E-state index contributed by atoms with van der Waals surface area (Å²) in [6.07, 6.45) is 3.48. The van der Waals surface area contributed by atoms with Crippen molar-refractivity contribution < 1.29 is 9.13 Å². The summed E-state index contributed by atoms with van der Waals surface area (Å²) in [5.74, 6) is -0.525. The number of nitrogens with zero attached hydrogens (tertiary/aromatic N) is 4. The highest BCUT2D eigenvalue weighted by Crippen LogP contribution is 2.22. The molecule has 3 aromatic heterocycles. The van der Waals surface area contributed by atoms with Crippen LogP contribution in [-0.2, 0) is 11.5 Å². The van der Waals surface area contributed by atoms with Crippen molar-refractivity contribution in [3.05, 3.63) is 42.2 Å². The number of rotatable bonds is 6. The van der Waals surface area contributed by atoms with Crippen molar-refractivity contribution in [2.75, 3.05) is 6.61 Å². The van der Waals surface area contributed by atoms with Gasteiger partial charge in [-0.1, -0.05) is 19.6 Å². The van der Waals surface area contributed by atoms with Gasteiger partial charge in [0.25, 0.3) is 0 Å². The molecular weight excluding hydrogens is 335 g/mol. The maximum atomic E-state index is 14.0. The molecule has 0 N–H and O–H groups in total. The van der Waals surface area contributed by atoms with Crippen LogP contribution in [0.1, 0.15) is 5.69 Å². The monoisotopic (exact) mass is 358 g/mol. The van der Waals surface area contributed by atoms with E-state index < -0.39 is 14.0 Å². The molecule has 0 unspecified atom stereocenters. The molecule has 0 aliphatic carbocycles. The Labute approximate surface area is 147 Å². The number of halogens is 1. The van der Waals surface area contributed by atoms with Gasteiger partial charge in [-0.2, -0.15) is 4.39 Å². The molecule has 0 amide bonds. The molecule has 3 rings (SSSR count). The van der Waals surface area contributed by atoms with E-state index in [-0.39, 0.29) is 0 Å². The summed E-state index contributed by atoms with van der Waals surface area (Å²) in [5, 5.41) is 0. The number of hydrogen-bond acceptors (Lipinski definition) is 4. The van der Waals surface area contributed by atoms with Crippen LogP contribution in [0.3, 0.4) is 0 Å². The van der Waals surface area contributed by atoms with Crippen molar-refractivity contribution in [1.82, 2.24) is 19.5 Å². The van der Waals surface area contributed by atoms with E-state index in [1.165, 1.54) is 0 Å². The lowest BCUT2D eigenvalue weighted by atomic mass is 10.2. The number of aromatic nitrogens is 4. The lowest BCUT2D eigenvalue weighted by Gasteiger charge is -2.15. The first-order chi connectivity index (χ1) is 11.8. The maximum absolute atomic E-state index is 14.0. The van der Waals surface area contributed by atoms with Gasteiger partial charge < -0.3 is 9.30 Å². The number of aryl methyl sites for hydroxylation is 1. The van der Waals surface area contributed by atoms with Crippen molar-refractivity contribution in [3.63, 3.8) is 0 Å². The van der Waals surface area contributed by atoms with Crippen LogP contribution < -0.4 is 0 Å². The van der Waals surface area contributed by atoms with E-state index in [0.29, 0.717) is 29.2 Å². The Morgan fingerprint density at radius 1 is 1.16 bits per heavy atom. The molecule has 0 radical (unpaired) electrons. The van der Waals surface area contributed by atoms with Crippen LogP contribution in [0.4, 0.5) is 4.39 Å². The molecule has 0 saturated heterocycles. The van der Waals surface area contributed by atoms with E-state index in [0.717, 1.165) is 18.3 Å². The van der Waals surface area contributed by atoms with Crippen molar-refractivity contribution in [2.45, 2.75) is 39.3 Å². The molecule has 3 heterocycles. The summed E-state index contributed by atoms with van der Waals surface area (Å²) in [6, 6.07) is 6.45. The molecule has 0 aliphatic heterocycles. The summed E-state index contributed by atoms with van der Waals surface area (Å²) in [4.78, 5) is 12.8. The van der Waals surface area contributed by atoms with Crippen LogP contribution in [0.25, 0.3) is 22.4 Å². The first kappa shape index (κ1) is 17.7. The van der Waals surface area contributed by atoms with E-state index in [4.69, 9.17) is 4.74 Å². The van der Waals surface area contributed by atoms with Gasteiger partial charge in [0, 0.05) is 26.6 Å². The second-order valence-electron chi connectivity index (χ2n) is 7.39. The third-order valence-corrected chi connectivity index (χ3v) is 5.66. The highest BCUT2D eigenvalue weighted by atomic mass is 28.3. The van der Waals surface area contributed by atoms with Gasteiger partial charge in [-0.15, -0.1) is 0 Å². The zero-order chi connectivity index (χ0) is 18.0. The number of fused-ring (bicyclic) bond motifs is 1. The second-order valence-corrected chi connectivity index (χ2v) is 13.0. The van der Waals surface area contributed by atoms with Crippen LogP contribution in [0.2, 0.25) is 25.7 Å². The highest BCUT2D eigenvalue weighted by Gasteiger charge is 2.13. The molecule has 3 aromatic rings. The normalized spacial score (nSPS) is 12.0. The largest absolute Gasteiger partial charge is 0.361 e. The molecular formula is C18H23FN4OSi. The van der Waals surface area contributed by atoms with Crippen LogP contribution >= 0.6 is 0 Å². The first-order valence-electron chi connectivity index (χ1n) is 8.37. The Morgan fingerprint density at radius 3 is 2.68 bits per heavy atom. The lowest BCUT2D eigenvalue weighted by Crippen LogP contribution is -2.22. The predicted molar refractivity (Wildman–Crippen MR) is 99.6 cm³/mol. The summed E-state index contributed by atoms with van der Waals surface area (Å²) in [7, 11) is -1.09. The Balaban J connectivity index is 1.77. The predicted octanol–water partition coefficient (Wildman–Crippen LogP) is 4.25. The van der Waals surface area contributed by atoms with Gasteiger partial charge in [0.2, 0.25) is 5.95 Å². The zero-order valence-corrected chi connectivity index (χ0v) is 16.1. The van der Waals surface area contributed by atoms with Gasteiger partial charge in [0.1, 0.15) is 12.2 Å². The minimum absolute atomic E-state index is 0.360. The Hall–Kier alpha value is -2.12. The fraction of sp³-hybridized carbons (Fsp3) is 0.389. The molecule has 0 bridgehead atoms. The topological polar surface area (TPSA) is 52.8 Å². The average molecular weight is 358 g/mol.